The molecule has 128 heavy (non-hydrogen) atoms. The smallest absolute Gasteiger partial charge is 0.120 e. The summed E-state index contributed by atoms with van der Waals surface area (Å²) in [4.78, 5) is 37.9. The molecule has 0 fully saturated rings. The lowest BCUT2D eigenvalue weighted by Gasteiger charge is -2.20. The molecule has 0 unspecified atom stereocenters. The van der Waals surface area contributed by atoms with Crippen LogP contribution in [0.2, 0.25) is 0 Å². The highest BCUT2D eigenvalue weighted by Crippen LogP contribution is 2.48. The zero-order chi connectivity index (χ0) is 89.3. The third-order valence-electron chi connectivity index (χ3n) is 27.0. The minimum atomic E-state index is -0.0376. The monoisotopic (exact) mass is 1730 g/mol. The highest BCUT2D eigenvalue weighted by Gasteiger charge is 2.30. The van der Waals surface area contributed by atoms with E-state index in [1.807, 2.05) is 0 Å². The Hall–Kier alpha value is -10.7. The zero-order valence-electron chi connectivity index (χ0n) is 79.0. The zero-order valence-corrected chi connectivity index (χ0v) is 80.7. The predicted molar refractivity (Wildman–Crippen MR) is 552 cm³/mol. The topological polar surface area (TPSA) is 133 Å². The minimum absolute atomic E-state index is 0.0253. The standard InChI is InChI=1S/C116H130N8O2S2/c1-111(2,3)71-35-43-79-87(55-71)103-63-97-81-45-37-73(113(7,8)9)57-89(81)107(119-97)67-101-85-49-41-77(61-93(85)109(123-101)69-99-83-47-39-75(115(13,14)15)59-91(83)105(121-99)65-95(79)117-103)125-51-31-27-23-19-21-25-29-33-53-127-128-54-34-30-26-22-20-24-28-32-52-126-78-42-50-86-94(62-78)110-70-100-84-48-40-76(116(16,17)18)60-92(84)106(122-100)66-96-80-44-36-72(112(4,5)6)56-88(80)104(118-96)64-98-82-46-38-74(114(10,11)12)58-90(82)108(120-98)68-102(86)124-110/h35-50,55-70,117-118,123-124H,19-34,51-54H2,1-18H3. The number of nitrogens with zero attached hydrogens (tertiary/aromatic N) is 4. The number of H-pyrrole nitrogens is 4. The lowest BCUT2D eigenvalue weighted by molar-refractivity contribution is 0.304. The van der Waals surface area contributed by atoms with E-state index < -0.39 is 0 Å². The van der Waals surface area contributed by atoms with Gasteiger partial charge >= 0.3 is 0 Å². The third-order valence-corrected chi connectivity index (χ3v) is 29.6. The van der Waals surface area contributed by atoms with Crippen molar-refractivity contribution in [3.05, 3.63) is 228 Å². The summed E-state index contributed by atoms with van der Waals surface area (Å²) in [7, 11) is 4.18. The van der Waals surface area contributed by atoms with Crippen LogP contribution in [0.4, 0.5) is 0 Å². The molecule has 6 aromatic heterocycles. The summed E-state index contributed by atoms with van der Waals surface area (Å²) in [5.74, 6) is 4.29. The number of unbranched alkanes of at least 4 members (excludes halogenated alkanes) is 14. The van der Waals surface area contributed by atoms with Crippen molar-refractivity contribution in [1.82, 2.24) is 39.9 Å². The van der Waals surface area contributed by atoms with E-state index in [0.717, 1.165) is 180 Å². The van der Waals surface area contributed by atoms with Crippen LogP contribution in [0, 0.1) is 0 Å². The number of benzene rings is 8. The summed E-state index contributed by atoms with van der Waals surface area (Å²) >= 11 is 0. The summed E-state index contributed by atoms with van der Waals surface area (Å²) in [5, 5.41) is 9.14. The number of aromatic amines is 4. The Morgan fingerprint density at radius 3 is 0.664 bits per heavy atom. The maximum Gasteiger partial charge on any atom is 0.120 e. The molecule has 18 rings (SSSR count). The van der Waals surface area contributed by atoms with E-state index in [-0.39, 0.29) is 32.5 Å². The minimum Gasteiger partial charge on any atom is -0.494 e. The van der Waals surface area contributed by atoms with Crippen molar-refractivity contribution < 1.29 is 9.47 Å². The van der Waals surface area contributed by atoms with Gasteiger partial charge in [0.1, 0.15) is 11.5 Å². The number of nitrogens with one attached hydrogen (secondary N) is 4. The van der Waals surface area contributed by atoms with Crippen molar-refractivity contribution in [2.75, 3.05) is 24.7 Å². The van der Waals surface area contributed by atoms with Crippen molar-refractivity contribution in [2.24, 2.45) is 0 Å². The fourth-order valence-electron chi connectivity index (χ4n) is 19.0. The van der Waals surface area contributed by atoms with E-state index in [0.29, 0.717) is 13.2 Å². The molecule has 12 heteroatoms. The van der Waals surface area contributed by atoms with Crippen LogP contribution >= 0.6 is 21.6 Å². The summed E-state index contributed by atoms with van der Waals surface area (Å²) < 4.78 is 13.3. The Bertz CT molecular complexity index is 6530. The number of aromatic nitrogens is 8. The Balaban J connectivity index is 0.451. The van der Waals surface area contributed by atoms with E-state index in [4.69, 9.17) is 29.4 Å². The molecule has 0 atom stereocenters. The first-order valence-corrected chi connectivity index (χ1v) is 50.0. The van der Waals surface area contributed by atoms with Gasteiger partial charge in [-0.2, -0.15) is 0 Å². The van der Waals surface area contributed by atoms with Gasteiger partial charge in [-0.1, -0.05) is 296 Å². The molecule has 14 aromatic rings. The van der Waals surface area contributed by atoms with Crippen molar-refractivity contribution >= 4 is 109 Å². The maximum atomic E-state index is 6.63. The summed E-state index contributed by atoms with van der Waals surface area (Å²) in [6, 6.07) is 73.0. The van der Waals surface area contributed by atoms with Crippen molar-refractivity contribution in [2.45, 2.75) is 260 Å². The molecule has 0 saturated carbocycles. The molecule has 4 N–H and O–H groups in total. The van der Waals surface area contributed by atoms with Crippen LogP contribution in [-0.4, -0.2) is 64.6 Å². The van der Waals surface area contributed by atoms with Crippen LogP contribution in [0.15, 0.2) is 194 Å². The molecule has 0 radical (unpaired) electrons. The Morgan fingerprint density at radius 2 is 0.406 bits per heavy atom. The molecule has 8 aromatic carbocycles. The number of hydrogen-bond acceptors (Lipinski definition) is 8. The van der Waals surface area contributed by atoms with E-state index in [2.05, 4.69) is 360 Å². The molecule has 0 spiro atoms. The average Bonchev–Trinajstić information content (AvgIpc) is 1.59. The third kappa shape index (κ3) is 18.7. The van der Waals surface area contributed by atoms with Crippen LogP contribution in [0.3, 0.4) is 0 Å². The van der Waals surface area contributed by atoms with Crippen LogP contribution in [0.25, 0.3) is 177 Å². The van der Waals surface area contributed by atoms with E-state index >= 15 is 0 Å². The van der Waals surface area contributed by atoms with Gasteiger partial charge < -0.3 is 29.4 Å². The SMILES string of the molecule is CC(C)(C)c1ccc2c(c1)-c1cc3[nH]c(cc4nc(cc5[nH]c(cc-2n1)c1cc(C(C)(C)C)ccc51)-c1cc(C(C)(C)C)ccc1-4)c1cc(OCCCCCCCCCCSSCCCCCCCCCCOc2ccc4c5cc6nc(cc7[nH]c(cc8nc(cc([nH]5)c4c2)-c2ccc(C(C)(C)C)cc2-8)c2ccc(C(C)(C)C)cc72)-c2ccc(C(C)(C)C)cc2-6)ccc31. The Labute approximate surface area is 766 Å². The lowest BCUT2D eigenvalue weighted by Crippen LogP contribution is -2.10. The molecule has 4 aliphatic heterocycles. The molecule has 0 saturated heterocycles. The number of hydrogen-bond donors (Lipinski definition) is 4. The molecule has 4 aliphatic rings. The van der Waals surface area contributed by atoms with Crippen LogP contribution in [0.5, 0.6) is 11.5 Å². The van der Waals surface area contributed by atoms with Gasteiger partial charge in [0, 0.05) is 143 Å². The number of rotatable bonds is 25. The van der Waals surface area contributed by atoms with Gasteiger partial charge in [-0.3, -0.25) is 0 Å². The fraction of sp³-hybridized carbons (Fsp3) is 0.379. The quantitative estimate of drug-likeness (QED) is 0.0328. The summed E-state index contributed by atoms with van der Waals surface area (Å²) in [6.45, 7) is 42.6. The van der Waals surface area contributed by atoms with Crippen LogP contribution in [0.1, 0.15) is 261 Å². The largest absolute Gasteiger partial charge is 0.494 e. The van der Waals surface area contributed by atoms with Crippen LogP contribution in [-0.2, 0) is 32.5 Å². The van der Waals surface area contributed by atoms with Crippen molar-refractivity contribution in [3.63, 3.8) is 0 Å². The Morgan fingerprint density at radius 1 is 0.203 bits per heavy atom. The second kappa shape index (κ2) is 35.3. The van der Waals surface area contributed by atoms with Gasteiger partial charge in [-0.05, 0) is 213 Å². The normalized spacial score (nSPS) is 13.0. The predicted octanol–water partition coefficient (Wildman–Crippen LogP) is 33.8. The van der Waals surface area contributed by atoms with E-state index in [1.165, 1.54) is 156 Å². The van der Waals surface area contributed by atoms with Gasteiger partial charge in [0.25, 0.3) is 0 Å². The van der Waals surface area contributed by atoms with Gasteiger partial charge in [0.2, 0.25) is 0 Å². The van der Waals surface area contributed by atoms with Gasteiger partial charge in [-0.15, -0.1) is 0 Å². The van der Waals surface area contributed by atoms with Gasteiger partial charge in [0.15, 0.2) is 0 Å². The fourth-order valence-corrected chi connectivity index (χ4v) is 21.3. The van der Waals surface area contributed by atoms with Crippen LogP contribution < -0.4 is 9.47 Å². The van der Waals surface area contributed by atoms with Crippen molar-refractivity contribution in [1.29, 1.82) is 0 Å². The molecule has 0 amide bonds. The summed E-state index contributed by atoms with van der Waals surface area (Å²) in [6.07, 6.45) is 20.1. The first-order chi connectivity index (χ1) is 61.2. The highest BCUT2D eigenvalue weighted by atomic mass is 33.1. The second-order valence-corrected chi connectivity index (χ2v) is 45.7. The molecule has 10 heterocycles. The van der Waals surface area contributed by atoms with Gasteiger partial charge in [0.05, 0.1) is 58.8 Å². The second-order valence-electron chi connectivity index (χ2n) is 43.0. The van der Waals surface area contributed by atoms with E-state index in [9.17, 15) is 0 Å². The van der Waals surface area contributed by atoms with E-state index in [1.54, 1.807) is 0 Å². The molecule has 658 valence electrons. The summed E-state index contributed by atoms with van der Waals surface area (Å²) in [5.41, 5.74) is 32.3. The first kappa shape index (κ1) is 88.0. The average molecular weight is 1730 g/mol. The highest BCUT2D eigenvalue weighted by molar-refractivity contribution is 8.76. The number of fused-ring (bicyclic) bond motifs is 40. The number of ether oxygens (including phenoxy) is 2. The van der Waals surface area contributed by atoms with Gasteiger partial charge in [-0.25, -0.2) is 19.9 Å². The maximum absolute atomic E-state index is 6.63. The molecule has 0 aliphatic carbocycles. The van der Waals surface area contributed by atoms with Crippen molar-refractivity contribution in [3.8, 4) is 102 Å². The molecular weight excluding hydrogens is 1600 g/mol. The molecule has 16 bridgehead atoms. The molecular formula is C116H130N8O2S2. The first-order valence-electron chi connectivity index (χ1n) is 47.5. The molecule has 10 nitrogen and oxygen atoms in total. The lowest BCUT2D eigenvalue weighted by atomic mass is 9.84. The Kier molecular flexibility index (Phi) is 24.3.